The van der Waals surface area contributed by atoms with Gasteiger partial charge in [0.1, 0.15) is 0 Å². The Balaban J connectivity index is 1.52. The minimum atomic E-state index is 0.476. The number of nitrogens with zero attached hydrogens (tertiary/aromatic N) is 3. The molecule has 0 fully saturated rings. The van der Waals surface area contributed by atoms with Gasteiger partial charge >= 0.3 is 0 Å². The Labute approximate surface area is 142 Å². The normalized spacial score (nSPS) is 16.9. The van der Waals surface area contributed by atoms with Crippen LogP contribution in [0, 0.1) is 0 Å². The third-order valence-corrected chi connectivity index (χ3v) is 4.69. The van der Waals surface area contributed by atoms with E-state index in [-0.39, 0.29) is 0 Å². The Morgan fingerprint density at radius 3 is 2.75 bits per heavy atom. The predicted molar refractivity (Wildman–Crippen MR) is 94.0 cm³/mol. The van der Waals surface area contributed by atoms with Crippen LogP contribution < -0.4 is 4.90 Å². The first-order chi connectivity index (χ1) is 11.8. The molecule has 0 amide bonds. The van der Waals surface area contributed by atoms with E-state index in [1.54, 1.807) is 0 Å². The van der Waals surface area contributed by atoms with Gasteiger partial charge < -0.3 is 9.42 Å². The molecule has 2 heterocycles. The summed E-state index contributed by atoms with van der Waals surface area (Å²) < 4.78 is 5.50. The third kappa shape index (κ3) is 3.04. The van der Waals surface area contributed by atoms with E-state index in [4.69, 9.17) is 4.52 Å². The van der Waals surface area contributed by atoms with Crippen molar-refractivity contribution in [2.24, 2.45) is 0 Å². The van der Waals surface area contributed by atoms with Gasteiger partial charge in [-0.2, -0.15) is 4.98 Å². The summed E-state index contributed by atoms with van der Waals surface area (Å²) in [6, 6.07) is 19.3. The first kappa shape index (κ1) is 14.9. The molecule has 0 saturated carbocycles. The number of aryl methyl sites for hydroxylation is 1. The molecule has 1 atom stereocenters. The van der Waals surface area contributed by atoms with Crippen molar-refractivity contribution in [3.63, 3.8) is 0 Å². The highest BCUT2D eigenvalue weighted by atomic mass is 16.5. The number of hydrogen-bond acceptors (Lipinski definition) is 4. The Kier molecular flexibility index (Phi) is 4.03. The van der Waals surface area contributed by atoms with Crippen LogP contribution >= 0.6 is 0 Å². The molecular formula is C20H21N3O. The van der Waals surface area contributed by atoms with Crippen LogP contribution in [0.3, 0.4) is 0 Å². The fraction of sp³-hybridized carbons (Fsp3) is 0.300. The lowest BCUT2D eigenvalue weighted by Gasteiger charge is -2.36. The van der Waals surface area contributed by atoms with Crippen LogP contribution in [0.2, 0.25) is 0 Å². The van der Waals surface area contributed by atoms with Gasteiger partial charge in [0.25, 0.3) is 0 Å². The Bertz CT molecular complexity index is 813. The van der Waals surface area contributed by atoms with E-state index >= 15 is 0 Å². The highest BCUT2D eigenvalue weighted by Crippen LogP contribution is 2.31. The number of hydrogen-bond donors (Lipinski definition) is 0. The van der Waals surface area contributed by atoms with Crippen molar-refractivity contribution in [1.29, 1.82) is 0 Å². The number of para-hydroxylation sites is 1. The van der Waals surface area contributed by atoms with E-state index in [1.807, 2.05) is 18.2 Å². The van der Waals surface area contributed by atoms with Crippen molar-refractivity contribution >= 4 is 5.69 Å². The van der Waals surface area contributed by atoms with Gasteiger partial charge in [0.15, 0.2) is 5.82 Å². The van der Waals surface area contributed by atoms with E-state index in [0.29, 0.717) is 24.9 Å². The smallest absolute Gasteiger partial charge is 0.246 e. The fourth-order valence-corrected chi connectivity index (χ4v) is 3.35. The van der Waals surface area contributed by atoms with Gasteiger partial charge in [-0.05, 0) is 37.0 Å². The predicted octanol–water partition coefficient (Wildman–Crippen LogP) is 4.00. The Morgan fingerprint density at radius 2 is 1.88 bits per heavy atom. The monoisotopic (exact) mass is 319 g/mol. The average Bonchev–Trinajstić information content (AvgIpc) is 3.05. The molecule has 0 N–H and O–H groups in total. The van der Waals surface area contributed by atoms with E-state index in [0.717, 1.165) is 18.7 Å². The maximum Gasteiger partial charge on any atom is 0.246 e. The minimum Gasteiger partial charge on any atom is -0.359 e. The van der Waals surface area contributed by atoms with Gasteiger partial charge in [-0.25, -0.2) is 0 Å². The maximum absolute atomic E-state index is 5.50. The number of fused-ring (bicyclic) bond motifs is 1. The van der Waals surface area contributed by atoms with Crippen molar-refractivity contribution in [1.82, 2.24) is 10.1 Å². The zero-order chi connectivity index (χ0) is 16.4. The Hall–Kier alpha value is -2.62. The molecule has 4 nitrogen and oxygen atoms in total. The van der Waals surface area contributed by atoms with E-state index < -0.39 is 0 Å². The lowest BCUT2D eigenvalue weighted by molar-refractivity contribution is 0.365. The van der Waals surface area contributed by atoms with Gasteiger partial charge in [0.2, 0.25) is 5.89 Å². The van der Waals surface area contributed by atoms with Gasteiger partial charge in [0, 0.05) is 18.2 Å². The summed E-state index contributed by atoms with van der Waals surface area (Å²) in [7, 11) is 0. The number of anilines is 1. The highest BCUT2D eigenvalue weighted by Gasteiger charge is 2.24. The summed E-state index contributed by atoms with van der Waals surface area (Å²) in [6.45, 7) is 2.93. The topological polar surface area (TPSA) is 42.2 Å². The zero-order valence-corrected chi connectivity index (χ0v) is 13.9. The third-order valence-electron chi connectivity index (χ3n) is 4.69. The number of aromatic nitrogens is 2. The van der Waals surface area contributed by atoms with E-state index in [1.165, 1.54) is 16.8 Å². The lowest BCUT2D eigenvalue weighted by atomic mass is 9.97. The summed E-state index contributed by atoms with van der Waals surface area (Å²) >= 11 is 0. The summed E-state index contributed by atoms with van der Waals surface area (Å²) in [5.74, 6) is 1.43. The summed E-state index contributed by atoms with van der Waals surface area (Å²) in [5, 5.41) is 4.15. The van der Waals surface area contributed by atoms with Crippen LogP contribution in [0.1, 0.15) is 36.2 Å². The van der Waals surface area contributed by atoms with Crippen molar-refractivity contribution in [2.45, 2.75) is 38.8 Å². The molecule has 3 aromatic rings. The molecule has 1 aliphatic heterocycles. The van der Waals surface area contributed by atoms with Gasteiger partial charge in [-0.1, -0.05) is 53.7 Å². The molecule has 122 valence electrons. The van der Waals surface area contributed by atoms with Crippen molar-refractivity contribution in [3.8, 4) is 0 Å². The first-order valence-electron chi connectivity index (χ1n) is 8.49. The van der Waals surface area contributed by atoms with Crippen LogP contribution in [0.15, 0.2) is 59.1 Å². The fourth-order valence-electron chi connectivity index (χ4n) is 3.35. The standard InChI is InChI=1S/C20H21N3O/c1-15-11-12-17-9-5-6-10-18(17)23(15)14-20-21-19(22-24-20)13-16-7-3-2-4-8-16/h2-10,15H,11-14H2,1H3/t15-/m1/s1. The SMILES string of the molecule is C[C@@H]1CCc2ccccc2N1Cc1nc(Cc2ccccc2)no1. The van der Waals surface area contributed by atoms with Gasteiger partial charge in [0.05, 0.1) is 6.54 Å². The minimum absolute atomic E-state index is 0.476. The largest absolute Gasteiger partial charge is 0.359 e. The maximum atomic E-state index is 5.50. The summed E-state index contributed by atoms with van der Waals surface area (Å²) in [5.41, 5.74) is 3.89. The second-order valence-corrected chi connectivity index (χ2v) is 6.41. The van der Waals surface area contributed by atoms with Crippen LogP contribution in [-0.4, -0.2) is 16.2 Å². The van der Waals surface area contributed by atoms with Crippen LogP contribution in [0.5, 0.6) is 0 Å². The molecule has 0 radical (unpaired) electrons. The molecular weight excluding hydrogens is 298 g/mol. The van der Waals surface area contributed by atoms with Crippen LogP contribution in [-0.2, 0) is 19.4 Å². The Morgan fingerprint density at radius 1 is 1.08 bits per heavy atom. The average molecular weight is 319 g/mol. The molecule has 0 aliphatic carbocycles. The summed E-state index contributed by atoms with van der Waals surface area (Å²) in [4.78, 5) is 6.96. The van der Waals surface area contributed by atoms with E-state index in [9.17, 15) is 0 Å². The number of benzene rings is 2. The second kappa shape index (κ2) is 6.48. The molecule has 1 aromatic heterocycles. The number of rotatable bonds is 4. The summed E-state index contributed by atoms with van der Waals surface area (Å²) in [6.07, 6.45) is 3.00. The van der Waals surface area contributed by atoms with Crippen LogP contribution in [0.4, 0.5) is 5.69 Å². The van der Waals surface area contributed by atoms with E-state index in [2.05, 4.69) is 58.4 Å². The van der Waals surface area contributed by atoms with Gasteiger partial charge in [-0.15, -0.1) is 0 Å². The van der Waals surface area contributed by atoms with Crippen molar-refractivity contribution in [3.05, 3.63) is 77.4 Å². The molecule has 0 bridgehead atoms. The molecule has 2 aromatic carbocycles. The first-order valence-corrected chi connectivity index (χ1v) is 8.49. The lowest BCUT2D eigenvalue weighted by Crippen LogP contribution is -2.36. The molecule has 24 heavy (non-hydrogen) atoms. The second-order valence-electron chi connectivity index (χ2n) is 6.41. The molecule has 4 rings (SSSR count). The molecule has 4 heteroatoms. The van der Waals surface area contributed by atoms with Crippen LogP contribution in [0.25, 0.3) is 0 Å². The van der Waals surface area contributed by atoms with Gasteiger partial charge in [-0.3, -0.25) is 0 Å². The molecule has 0 spiro atoms. The van der Waals surface area contributed by atoms with Crippen molar-refractivity contribution in [2.75, 3.05) is 4.90 Å². The molecule has 1 aliphatic rings. The molecule has 0 saturated heterocycles. The molecule has 0 unspecified atom stereocenters. The van der Waals surface area contributed by atoms with Crippen molar-refractivity contribution < 1.29 is 4.52 Å². The quantitative estimate of drug-likeness (QED) is 0.729. The zero-order valence-electron chi connectivity index (χ0n) is 13.9. The highest BCUT2D eigenvalue weighted by molar-refractivity contribution is 5.56.